The molecule has 11 heteroatoms. The number of carboxylic acids is 1. The Kier molecular flexibility index (Phi) is 15.5. The zero-order valence-electron chi connectivity index (χ0n) is 14.9. The van der Waals surface area contributed by atoms with Crippen molar-refractivity contribution in [3.63, 3.8) is 0 Å². The predicted octanol–water partition coefficient (Wildman–Crippen LogP) is -2.58. The van der Waals surface area contributed by atoms with Crippen LogP contribution in [0.2, 0.25) is 0 Å². The van der Waals surface area contributed by atoms with Crippen molar-refractivity contribution in [1.29, 1.82) is 0 Å². The first-order chi connectivity index (χ1) is 12.5. The molecule has 0 aromatic heterocycles. The highest BCUT2D eigenvalue weighted by Gasteiger charge is 2.12. The minimum atomic E-state index is -1.13. The molecule has 11 nitrogen and oxygen atoms in total. The van der Waals surface area contributed by atoms with Crippen molar-refractivity contribution in [2.45, 2.75) is 18.9 Å². The molecule has 0 aliphatic carbocycles. The van der Waals surface area contributed by atoms with E-state index in [9.17, 15) is 14.4 Å². The maximum atomic E-state index is 11.4. The summed E-state index contributed by atoms with van der Waals surface area (Å²) in [7, 11) is 0. The zero-order chi connectivity index (χ0) is 19.6. The Morgan fingerprint density at radius 1 is 0.885 bits per heavy atom. The maximum absolute atomic E-state index is 11.4. The van der Waals surface area contributed by atoms with Crippen LogP contribution in [0.25, 0.3) is 0 Å². The van der Waals surface area contributed by atoms with E-state index < -0.39 is 12.0 Å². The van der Waals surface area contributed by atoms with E-state index >= 15 is 0 Å². The van der Waals surface area contributed by atoms with Crippen molar-refractivity contribution in [2.75, 3.05) is 59.3 Å². The molecule has 0 aliphatic rings. The SMILES string of the molecule is NCCOCCNC(=O)COCCOCCNC(=O)CC[C@H](N)C(=O)O. The van der Waals surface area contributed by atoms with Crippen LogP contribution >= 0.6 is 0 Å². The summed E-state index contributed by atoms with van der Waals surface area (Å²) >= 11 is 0. The Morgan fingerprint density at radius 3 is 2.08 bits per heavy atom. The van der Waals surface area contributed by atoms with E-state index in [0.717, 1.165) is 0 Å². The van der Waals surface area contributed by atoms with Crippen LogP contribution in [0.3, 0.4) is 0 Å². The molecule has 0 heterocycles. The highest BCUT2D eigenvalue weighted by Crippen LogP contribution is 1.94. The van der Waals surface area contributed by atoms with Crippen LogP contribution in [0.4, 0.5) is 0 Å². The number of ether oxygens (including phenoxy) is 3. The van der Waals surface area contributed by atoms with Gasteiger partial charge in [-0.25, -0.2) is 0 Å². The van der Waals surface area contributed by atoms with Crippen LogP contribution in [-0.4, -0.2) is 88.2 Å². The third-order valence-corrected chi connectivity index (χ3v) is 3.00. The normalized spacial score (nSPS) is 11.8. The number of amides is 2. The lowest BCUT2D eigenvalue weighted by atomic mass is 10.1. The second kappa shape index (κ2) is 16.7. The van der Waals surface area contributed by atoms with Crippen molar-refractivity contribution < 1.29 is 33.7 Å². The first-order valence-corrected chi connectivity index (χ1v) is 8.42. The number of hydrogen-bond acceptors (Lipinski definition) is 8. The Hall–Kier alpha value is -1.79. The van der Waals surface area contributed by atoms with Gasteiger partial charge in [0.2, 0.25) is 11.8 Å². The van der Waals surface area contributed by atoms with Crippen molar-refractivity contribution >= 4 is 17.8 Å². The molecule has 0 unspecified atom stereocenters. The number of rotatable bonds is 17. The summed E-state index contributed by atoms with van der Waals surface area (Å²) in [5, 5.41) is 13.8. The van der Waals surface area contributed by atoms with E-state index in [0.29, 0.717) is 32.8 Å². The number of nitrogens with two attached hydrogens (primary N) is 2. The smallest absolute Gasteiger partial charge is 0.320 e. The van der Waals surface area contributed by atoms with E-state index in [1.54, 1.807) is 0 Å². The number of aliphatic carboxylic acids is 1. The molecule has 0 aliphatic heterocycles. The number of hydrogen-bond donors (Lipinski definition) is 5. The summed E-state index contributed by atoms with van der Waals surface area (Å²) in [6, 6.07) is -1.04. The molecule has 0 rings (SSSR count). The quantitative estimate of drug-likeness (QED) is 0.170. The Morgan fingerprint density at radius 2 is 1.46 bits per heavy atom. The zero-order valence-corrected chi connectivity index (χ0v) is 14.9. The summed E-state index contributed by atoms with van der Waals surface area (Å²) in [4.78, 5) is 33.3. The van der Waals surface area contributed by atoms with Gasteiger partial charge < -0.3 is 41.4 Å². The average molecular weight is 378 g/mol. The van der Waals surface area contributed by atoms with Crippen molar-refractivity contribution in [1.82, 2.24) is 10.6 Å². The van der Waals surface area contributed by atoms with Gasteiger partial charge in [-0.1, -0.05) is 0 Å². The Labute approximate surface area is 152 Å². The van der Waals surface area contributed by atoms with Crippen LogP contribution in [0.1, 0.15) is 12.8 Å². The van der Waals surface area contributed by atoms with E-state index in [-0.39, 0.29) is 51.1 Å². The van der Waals surface area contributed by atoms with Crippen molar-refractivity contribution in [2.24, 2.45) is 11.5 Å². The standard InChI is InChI=1S/C15H30N4O7/c16-3-6-24-7-5-19-14(21)11-26-10-9-25-8-4-18-13(20)2-1-12(17)15(22)23/h12H,1-11,16-17H2,(H,18,20)(H,19,21)(H,22,23)/t12-/m0/s1. The number of carbonyl (C=O) groups excluding carboxylic acids is 2. The van der Waals surface area contributed by atoms with E-state index in [2.05, 4.69) is 10.6 Å². The first kappa shape index (κ1) is 24.2. The van der Waals surface area contributed by atoms with Crippen LogP contribution in [0.5, 0.6) is 0 Å². The fourth-order valence-electron chi connectivity index (χ4n) is 1.64. The lowest BCUT2D eigenvalue weighted by Gasteiger charge is -2.09. The summed E-state index contributed by atoms with van der Waals surface area (Å²) in [6.07, 6.45) is 0.125. The molecule has 0 bridgehead atoms. The Bertz CT molecular complexity index is 409. The van der Waals surface area contributed by atoms with Gasteiger partial charge in [-0.15, -0.1) is 0 Å². The summed E-state index contributed by atoms with van der Waals surface area (Å²) in [5.41, 5.74) is 10.6. The van der Waals surface area contributed by atoms with E-state index in [1.165, 1.54) is 0 Å². The van der Waals surface area contributed by atoms with Gasteiger partial charge in [-0.05, 0) is 6.42 Å². The van der Waals surface area contributed by atoms with Crippen molar-refractivity contribution in [3.05, 3.63) is 0 Å². The summed E-state index contributed by atoms with van der Waals surface area (Å²) < 4.78 is 15.5. The van der Waals surface area contributed by atoms with Gasteiger partial charge in [0, 0.05) is 26.1 Å². The molecule has 26 heavy (non-hydrogen) atoms. The van der Waals surface area contributed by atoms with Crippen LogP contribution in [0.15, 0.2) is 0 Å². The first-order valence-electron chi connectivity index (χ1n) is 8.42. The third kappa shape index (κ3) is 15.7. The van der Waals surface area contributed by atoms with Gasteiger partial charge >= 0.3 is 5.97 Å². The molecule has 1 atom stereocenters. The molecule has 7 N–H and O–H groups in total. The molecular formula is C15H30N4O7. The summed E-state index contributed by atoms with van der Waals surface area (Å²) in [6.45, 7) is 2.75. The Balaban J connectivity index is 3.36. The molecule has 2 amide bonds. The molecule has 0 aromatic rings. The molecular weight excluding hydrogens is 348 g/mol. The van der Waals surface area contributed by atoms with Gasteiger partial charge in [-0.3, -0.25) is 14.4 Å². The second-order valence-electron chi connectivity index (χ2n) is 5.25. The number of carboxylic acid groups (broad SMARTS) is 1. The van der Waals surface area contributed by atoms with Gasteiger partial charge in [-0.2, -0.15) is 0 Å². The average Bonchev–Trinajstić information content (AvgIpc) is 2.61. The monoisotopic (exact) mass is 378 g/mol. The van der Waals surface area contributed by atoms with E-state index in [4.69, 9.17) is 30.8 Å². The topological polar surface area (TPSA) is 175 Å². The van der Waals surface area contributed by atoms with Gasteiger partial charge in [0.05, 0.1) is 33.0 Å². The van der Waals surface area contributed by atoms with Gasteiger partial charge in [0.15, 0.2) is 0 Å². The van der Waals surface area contributed by atoms with Crippen LogP contribution in [0, 0.1) is 0 Å². The fraction of sp³-hybridized carbons (Fsp3) is 0.800. The molecule has 0 radical (unpaired) electrons. The largest absolute Gasteiger partial charge is 0.480 e. The van der Waals surface area contributed by atoms with Crippen molar-refractivity contribution in [3.8, 4) is 0 Å². The van der Waals surface area contributed by atoms with E-state index in [1.807, 2.05) is 0 Å². The molecule has 152 valence electrons. The number of nitrogens with one attached hydrogen (secondary N) is 2. The lowest BCUT2D eigenvalue weighted by molar-refractivity contribution is -0.138. The highest BCUT2D eigenvalue weighted by molar-refractivity contribution is 5.78. The molecule has 0 aromatic carbocycles. The minimum absolute atomic E-state index is 0.0446. The molecule has 0 saturated heterocycles. The highest BCUT2D eigenvalue weighted by atomic mass is 16.5. The summed E-state index contributed by atoms with van der Waals surface area (Å²) in [5.74, 6) is -1.66. The second-order valence-corrected chi connectivity index (χ2v) is 5.25. The van der Waals surface area contributed by atoms with Gasteiger partial charge in [0.1, 0.15) is 12.6 Å². The fourth-order valence-corrected chi connectivity index (χ4v) is 1.64. The van der Waals surface area contributed by atoms with Crippen LogP contribution in [-0.2, 0) is 28.6 Å². The third-order valence-electron chi connectivity index (χ3n) is 3.00. The molecule has 0 saturated carbocycles. The minimum Gasteiger partial charge on any atom is -0.480 e. The van der Waals surface area contributed by atoms with Crippen LogP contribution < -0.4 is 22.1 Å². The molecule has 0 spiro atoms. The van der Waals surface area contributed by atoms with Gasteiger partial charge in [0.25, 0.3) is 0 Å². The number of carbonyl (C=O) groups is 3. The lowest BCUT2D eigenvalue weighted by Crippen LogP contribution is -2.33. The maximum Gasteiger partial charge on any atom is 0.320 e. The predicted molar refractivity (Wildman–Crippen MR) is 92.4 cm³/mol. The molecule has 0 fully saturated rings.